The molecule has 21 heavy (non-hydrogen) atoms. The Morgan fingerprint density at radius 2 is 2.14 bits per heavy atom. The molecule has 2 aliphatic rings. The number of fused-ring (bicyclic) bond motifs is 3. The Bertz CT molecular complexity index is 529. The van der Waals surface area contributed by atoms with Crippen molar-refractivity contribution < 1.29 is 13.2 Å². The van der Waals surface area contributed by atoms with Gasteiger partial charge in [0, 0.05) is 38.4 Å². The van der Waals surface area contributed by atoms with Gasteiger partial charge in [-0.2, -0.15) is 13.2 Å². The van der Waals surface area contributed by atoms with E-state index in [4.69, 9.17) is 0 Å². The Kier molecular flexibility index (Phi) is 3.47. The highest BCUT2D eigenvalue weighted by Crippen LogP contribution is 2.39. The molecule has 0 aliphatic carbocycles. The van der Waals surface area contributed by atoms with Gasteiger partial charge in [0.1, 0.15) is 0 Å². The van der Waals surface area contributed by atoms with Gasteiger partial charge in [-0.15, -0.1) is 0 Å². The van der Waals surface area contributed by atoms with Gasteiger partial charge < -0.3 is 15.1 Å². The molecule has 2 aliphatic heterocycles. The van der Waals surface area contributed by atoms with Crippen LogP contribution in [0.5, 0.6) is 0 Å². The molecule has 4 nitrogen and oxygen atoms in total. The Morgan fingerprint density at radius 1 is 1.38 bits per heavy atom. The van der Waals surface area contributed by atoms with Crippen LogP contribution in [0.2, 0.25) is 0 Å². The number of nitrogens with zero attached hydrogens (tertiary/aromatic N) is 3. The molecule has 1 saturated heterocycles. The number of alkyl halides is 3. The molecule has 0 bridgehead atoms. The fourth-order valence-corrected chi connectivity index (χ4v) is 3.05. The van der Waals surface area contributed by atoms with Gasteiger partial charge in [-0.25, -0.2) is 4.98 Å². The van der Waals surface area contributed by atoms with Crippen LogP contribution in [0.25, 0.3) is 0 Å². The van der Waals surface area contributed by atoms with Gasteiger partial charge in [0.05, 0.1) is 17.3 Å². The van der Waals surface area contributed by atoms with Crippen molar-refractivity contribution in [1.82, 2.24) is 10.3 Å². The highest BCUT2D eigenvalue weighted by molar-refractivity contribution is 5.71. The van der Waals surface area contributed by atoms with E-state index in [0.29, 0.717) is 11.5 Å². The van der Waals surface area contributed by atoms with Crippen molar-refractivity contribution in [2.24, 2.45) is 0 Å². The zero-order chi connectivity index (χ0) is 15.2. The summed E-state index contributed by atoms with van der Waals surface area (Å²) in [5.74, 6) is 0.675. The van der Waals surface area contributed by atoms with Crippen LogP contribution < -0.4 is 15.1 Å². The van der Waals surface area contributed by atoms with E-state index in [-0.39, 0.29) is 12.1 Å². The third-order valence-electron chi connectivity index (χ3n) is 4.14. The molecule has 7 heteroatoms. The Balaban J connectivity index is 2.06. The lowest BCUT2D eigenvalue weighted by Gasteiger charge is -2.47. The fourth-order valence-electron chi connectivity index (χ4n) is 3.05. The smallest absolute Gasteiger partial charge is 0.364 e. The summed E-state index contributed by atoms with van der Waals surface area (Å²) in [5, 5.41) is 3.33. The number of pyridine rings is 1. The molecule has 0 aromatic carbocycles. The standard InChI is InChI=1S/C14H19F3N4/c1-9(2)21-8-11-7-18-3-4-20(11)13-12(21)5-10(6-19-13)14(15,16)17/h5-6,9,11,18H,3-4,7-8H2,1-2H3. The first-order chi connectivity index (χ1) is 9.88. The number of nitrogens with one attached hydrogen (secondary N) is 1. The van der Waals surface area contributed by atoms with Crippen molar-refractivity contribution in [1.29, 1.82) is 0 Å². The molecule has 1 unspecified atom stereocenters. The van der Waals surface area contributed by atoms with Crippen molar-refractivity contribution in [2.75, 3.05) is 36.0 Å². The molecule has 0 spiro atoms. The van der Waals surface area contributed by atoms with E-state index in [1.165, 1.54) is 6.07 Å². The van der Waals surface area contributed by atoms with E-state index in [2.05, 4.69) is 15.2 Å². The normalized spacial score (nSPS) is 22.3. The number of hydrogen-bond donors (Lipinski definition) is 1. The first-order valence-corrected chi connectivity index (χ1v) is 7.19. The SMILES string of the molecule is CC(C)N1CC2CNCCN2c2ncc(C(F)(F)F)cc21. The van der Waals surface area contributed by atoms with Crippen molar-refractivity contribution in [3.63, 3.8) is 0 Å². The third-order valence-corrected chi connectivity index (χ3v) is 4.14. The number of hydrogen-bond acceptors (Lipinski definition) is 4. The first kappa shape index (κ1) is 14.4. The summed E-state index contributed by atoms with van der Waals surface area (Å²) in [6.07, 6.45) is -3.41. The number of halogens is 3. The summed E-state index contributed by atoms with van der Waals surface area (Å²) >= 11 is 0. The van der Waals surface area contributed by atoms with Crippen LogP contribution in [-0.2, 0) is 6.18 Å². The maximum absolute atomic E-state index is 12.9. The van der Waals surface area contributed by atoms with Crippen LogP contribution in [0.15, 0.2) is 12.3 Å². The molecule has 3 rings (SSSR count). The van der Waals surface area contributed by atoms with E-state index in [1.807, 2.05) is 18.7 Å². The van der Waals surface area contributed by atoms with Crippen molar-refractivity contribution in [2.45, 2.75) is 32.1 Å². The maximum Gasteiger partial charge on any atom is 0.417 e. The number of rotatable bonds is 1. The molecule has 3 heterocycles. The number of piperazine rings is 1. The molecule has 1 fully saturated rings. The fraction of sp³-hybridized carbons (Fsp3) is 0.643. The molecule has 1 aromatic heterocycles. The summed E-state index contributed by atoms with van der Waals surface area (Å²) in [6, 6.07) is 1.64. The summed E-state index contributed by atoms with van der Waals surface area (Å²) in [5.41, 5.74) is -0.0848. The van der Waals surface area contributed by atoms with Gasteiger partial charge in [-0.3, -0.25) is 0 Å². The van der Waals surface area contributed by atoms with Crippen molar-refractivity contribution in [3.05, 3.63) is 17.8 Å². The van der Waals surface area contributed by atoms with E-state index in [1.54, 1.807) is 0 Å². The van der Waals surface area contributed by atoms with Gasteiger partial charge in [0.2, 0.25) is 0 Å². The zero-order valence-corrected chi connectivity index (χ0v) is 12.1. The average molecular weight is 300 g/mol. The molecule has 1 atom stereocenters. The minimum Gasteiger partial charge on any atom is -0.364 e. The quantitative estimate of drug-likeness (QED) is 0.861. The van der Waals surface area contributed by atoms with Crippen LogP contribution in [-0.4, -0.2) is 43.2 Å². The van der Waals surface area contributed by atoms with Crippen LogP contribution in [0.1, 0.15) is 19.4 Å². The molecule has 0 radical (unpaired) electrons. The molecular formula is C14H19F3N4. The predicted molar refractivity (Wildman–Crippen MR) is 75.7 cm³/mol. The van der Waals surface area contributed by atoms with E-state index in [0.717, 1.165) is 32.4 Å². The third kappa shape index (κ3) is 2.54. The Labute approximate surface area is 121 Å². The van der Waals surface area contributed by atoms with Crippen LogP contribution in [0, 0.1) is 0 Å². The Hall–Kier alpha value is -1.50. The average Bonchev–Trinajstić information content (AvgIpc) is 2.44. The van der Waals surface area contributed by atoms with E-state index in [9.17, 15) is 13.2 Å². The molecule has 0 amide bonds. The van der Waals surface area contributed by atoms with Crippen LogP contribution >= 0.6 is 0 Å². The van der Waals surface area contributed by atoms with Gasteiger partial charge in [0.15, 0.2) is 5.82 Å². The zero-order valence-electron chi connectivity index (χ0n) is 12.1. The maximum atomic E-state index is 12.9. The number of aromatic nitrogens is 1. The van der Waals surface area contributed by atoms with Crippen molar-refractivity contribution >= 4 is 11.5 Å². The second kappa shape index (κ2) is 5.05. The van der Waals surface area contributed by atoms with E-state index < -0.39 is 11.7 Å². The molecule has 1 aromatic rings. The summed E-state index contributed by atoms with van der Waals surface area (Å²) < 4.78 is 38.8. The molecular weight excluding hydrogens is 281 g/mol. The first-order valence-electron chi connectivity index (χ1n) is 7.19. The van der Waals surface area contributed by atoms with Gasteiger partial charge in [-0.05, 0) is 19.9 Å². The second-order valence-electron chi connectivity index (χ2n) is 5.86. The molecule has 0 saturated carbocycles. The Morgan fingerprint density at radius 3 is 2.81 bits per heavy atom. The highest BCUT2D eigenvalue weighted by atomic mass is 19.4. The summed E-state index contributed by atoms with van der Waals surface area (Å²) in [6.45, 7) is 7.17. The van der Waals surface area contributed by atoms with E-state index >= 15 is 0 Å². The number of anilines is 2. The lowest BCUT2D eigenvalue weighted by Crippen LogP contribution is -2.60. The monoisotopic (exact) mass is 300 g/mol. The second-order valence-corrected chi connectivity index (χ2v) is 5.86. The minimum atomic E-state index is -4.36. The van der Waals surface area contributed by atoms with Gasteiger partial charge >= 0.3 is 6.18 Å². The lowest BCUT2D eigenvalue weighted by atomic mass is 10.0. The lowest BCUT2D eigenvalue weighted by molar-refractivity contribution is -0.137. The topological polar surface area (TPSA) is 31.4 Å². The molecule has 116 valence electrons. The summed E-state index contributed by atoms with van der Waals surface area (Å²) in [4.78, 5) is 8.29. The van der Waals surface area contributed by atoms with Crippen LogP contribution in [0.4, 0.5) is 24.7 Å². The van der Waals surface area contributed by atoms with Crippen LogP contribution in [0.3, 0.4) is 0 Å². The van der Waals surface area contributed by atoms with Gasteiger partial charge in [0.25, 0.3) is 0 Å². The molecule has 1 N–H and O–H groups in total. The minimum absolute atomic E-state index is 0.137. The summed E-state index contributed by atoms with van der Waals surface area (Å²) in [7, 11) is 0. The van der Waals surface area contributed by atoms with Gasteiger partial charge in [-0.1, -0.05) is 0 Å². The largest absolute Gasteiger partial charge is 0.417 e. The van der Waals surface area contributed by atoms with Crippen molar-refractivity contribution in [3.8, 4) is 0 Å². The predicted octanol–water partition coefficient (Wildman–Crippen LogP) is 2.11. The highest BCUT2D eigenvalue weighted by Gasteiger charge is 2.38.